The minimum atomic E-state index is 0.353. The maximum absolute atomic E-state index is 5.91. The van der Waals surface area contributed by atoms with Gasteiger partial charge >= 0.3 is 0 Å². The van der Waals surface area contributed by atoms with E-state index in [0.29, 0.717) is 12.1 Å². The molecule has 1 N–H and O–H groups in total. The third-order valence-electron chi connectivity index (χ3n) is 3.15. The molecule has 1 fully saturated rings. The van der Waals surface area contributed by atoms with Crippen molar-refractivity contribution in [3.63, 3.8) is 0 Å². The number of benzene rings is 1. The Morgan fingerprint density at radius 2 is 1.81 bits per heavy atom. The standard InChI is InChI=1S/C13H19NO2/c1-14-10-3-4-13(9-10)16-12-7-5-11(15-2)6-8-12/h5-8,10,13-14H,3-4,9H2,1-2H3. The lowest BCUT2D eigenvalue weighted by molar-refractivity contribution is 0.206. The van der Waals surface area contributed by atoms with Crippen molar-refractivity contribution in [3.05, 3.63) is 24.3 Å². The van der Waals surface area contributed by atoms with E-state index in [1.54, 1.807) is 7.11 Å². The van der Waals surface area contributed by atoms with Crippen molar-refractivity contribution in [2.24, 2.45) is 0 Å². The number of rotatable bonds is 4. The largest absolute Gasteiger partial charge is 0.497 e. The Bertz CT molecular complexity index is 323. The maximum Gasteiger partial charge on any atom is 0.119 e. The van der Waals surface area contributed by atoms with Gasteiger partial charge in [-0.25, -0.2) is 0 Å². The van der Waals surface area contributed by atoms with Crippen molar-refractivity contribution in [2.45, 2.75) is 31.4 Å². The fourth-order valence-corrected chi connectivity index (χ4v) is 2.16. The van der Waals surface area contributed by atoms with Gasteiger partial charge in [-0.15, -0.1) is 0 Å². The van der Waals surface area contributed by atoms with Gasteiger partial charge in [0.2, 0.25) is 0 Å². The minimum absolute atomic E-state index is 0.353. The molecule has 88 valence electrons. The van der Waals surface area contributed by atoms with Crippen LogP contribution in [0.15, 0.2) is 24.3 Å². The topological polar surface area (TPSA) is 30.5 Å². The molecule has 3 nitrogen and oxygen atoms in total. The SMILES string of the molecule is CNC1CCC(Oc2ccc(OC)cc2)C1. The molecular weight excluding hydrogens is 202 g/mol. The van der Waals surface area contributed by atoms with Crippen molar-refractivity contribution in [2.75, 3.05) is 14.2 Å². The molecule has 0 amide bonds. The molecule has 0 spiro atoms. The fraction of sp³-hybridized carbons (Fsp3) is 0.538. The molecule has 3 heteroatoms. The lowest BCUT2D eigenvalue weighted by Gasteiger charge is -2.14. The van der Waals surface area contributed by atoms with Gasteiger partial charge in [-0.05, 0) is 50.6 Å². The summed E-state index contributed by atoms with van der Waals surface area (Å²) in [4.78, 5) is 0. The van der Waals surface area contributed by atoms with Crippen molar-refractivity contribution in [1.29, 1.82) is 0 Å². The van der Waals surface area contributed by atoms with E-state index in [2.05, 4.69) is 5.32 Å². The Kier molecular flexibility index (Phi) is 3.67. The average molecular weight is 221 g/mol. The molecule has 1 saturated carbocycles. The van der Waals surface area contributed by atoms with Gasteiger partial charge in [0.05, 0.1) is 7.11 Å². The Balaban J connectivity index is 1.89. The van der Waals surface area contributed by atoms with Crippen LogP contribution in [0, 0.1) is 0 Å². The summed E-state index contributed by atoms with van der Waals surface area (Å²) in [5.74, 6) is 1.80. The van der Waals surface area contributed by atoms with Crippen LogP contribution < -0.4 is 14.8 Å². The second kappa shape index (κ2) is 5.21. The summed E-state index contributed by atoms with van der Waals surface area (Å²) in [7, 11) is 3.69. The molecule has 1 aliphatic carbocycles. The molecule has 0 aromatic heterocycles. The van der Waals surface area contributed by atoms with Crippen LogP contribution in [0.5, 0.6) is 11.5 Å². The Morgan fingerprint density at radius 1 is 1.12 bits per heavy atom. The predicted octanol–water partition coefficient (Wildman–Crippen LogP) is 2.21. The van der Waals surface area contributed by atoms with Gasteiger partial charge in [0.25, 0.3) is 0 Å². The molecule has 2 unspecified atom stereocenters. The molecule has 2 rings (SSSR count). The van der Waals surface area contributed by atoms with E-state index in [9.17, 15) is 0 Å². The summed E-state index contributed by atoms with van der Waals surface area (Å²) in [5.41, 5.74) is 0. The number of hydrogen-bond acceptors (Lipinski definition) is 3. The van der Waals surface area contributed by atoms with E-state index < -0.39 is 0 Å². The molecule has 0 heterocycles. The number of nitrogens with one attached hydrogen (secondary N) is 1. The van der Waals surface area contributed by atoms with Crippen molar-refractivity contribution >= 4 is 0 Å². The summed E-state index contributed by atoms with van der Waals surface area (Å²) in [6.45, 7) is 0. The Hall–Kier alpha value is -1.22. The highest BCUT2D eigenvalue weighted by atomic mass is 16.5. The summed E-state index contributed by atoms with van der Waals surface area (Å²) in [6, 6.07) is 8.40. The van der Waals surface area contributed by atoms with Crippen LogP contribution in [0.4, 0.5) is 0 Å². The first-order chi connectivity index (χ1) is 7.81. The molecule has 2 atom stereocenters. The van der Waals surface area contributed by atoms with Crippen LogP contribution in [0.25, 0.3) is 0 Å². The second-order valence-corrected chi connectivity index (χ2v) is 4.21. The monoisotopic (exact) mass is 221 g/mol. The van der Waals surface area contributed by atoms with Crippen LogP contribution >= 0.6 is 0 Å². The van der Waals surface area contributed by atoms with Crippen molar-refractivity contribution < 1.29 is 9.47 Å². The Labute approximate surface area is 96.8 Å². The van der Waals surface area contributed by atoms with Crippen molar-refractivity contribution in [3.8, 4) is 11.5 Å². The quantitative estimate of drug-likeness (QED) is 0.845. The van der Waals surface area contributed by atoms with Crippen molar-refractivity contribution in [1.82, 2.24) is 5.32 Å². The summed E-state index contributed by atoms with van der Waals surface area (Å²) < 4.78 is 11.0. The van der Waals surface area contributed by atoms with Crippen LogP contribution in [-0.2, 0) is 0 Å². The zero-order chi connectivity index (χ0) is 11.4. The predicted molar refractivity (Wildman–Crippen MR) is 64.1 cm³/mol. The number of ether oxygens (including phenoxy) is 2. The zero-order valence-corrected chi connectivity index (χ0v) is 9.90. The molecule has 0 saturated heterocycles. The molecule has 1 aromatic rings. The highest BCUT2D eigenvalue weighted by Crippen LogP contribution is 2.25. The fourth-order valence-electron chi connectivity index (χ4n) is 2.16. The van der Waals surface area contributed by atoms with Crippen LogP contribution in [0.3, 0.4) is 0 Å². The van der Waals surface area contributed by atoms with E-state index in [4.69, 9.17) is 9.47 Å². The zero-order valence-electron chi connectivity index (χ0n) is 9.90. The lowest BCUT2D eigenvalue weighted by atomic mass is 10.2. The van der Waals surface area contributed by atoms with Gasteiger partial charge in [-0.2, -0.15) is 0 Å². The molecule has 1 aromatic carbocycles. The third-order valence-corrected chi connectivity index (χ3v) is 3.15. The molecular formula is C13H19NO2. The molecule has 0 radical (unpaired) electrons. The van der Waals surface area contributed by atoms with Gasteiger partial charge in [0, 0.05) is 6.04 Å². The van der Waals surface area contributed by atoms with Crippen LogP contribution in [-0.4, -0.2) is 26.3 Å². The Morgan fingerprint density at radius 3 is 2.38 bits per heavy atom. The summed E-state index contributed by atoms with van der Waals surface area (Å²) in [5, 5.41) is 3.30. The summed E-state index contributed by atoms with van der Waals surface area (Å²) in [6.07, 6.45) is 3.79. The van der Waals surface area contributed by atoms with E-state index in [0.717, 1.165) is 24.3 Å². The second-order valence-electron chi connectivity index (χ2n) is 4.21. The van der Waals surface area contributed by atoms with Crippen LogP contribution in [0.1, 0.15) is 19.3 Å². The smallest absolute Gasteiger partial charge is 0.119 e. The normalized spacial score (nSPS) is 24.4. The van der Waals surface area contributed by atoms with Gasteiger partial charge in [0.15, 0.2) is 0 Å². The van der Waals surface area contributed by atoms with Crippen LogP contribution in [0.2, 0.25) is 0 Å². The van der Waals surface area contributed by atoms with Gasteiger partial charge in [-0.1, -0.05) is 0 Å². The number of hydrogen-bond donors (Lipinski definition) is 1. The molecule has 1 aliphatic rings. The van der Waals surface area contributed by atoms with Gasteiger partial charge in [-0.3, -0.25) is 0 Å². The minimum Gasteiger partial charge on any atom is -0.497 e. The lowest BCUT2D eigenvalue weighted by Crippen LogP contribution is -2.23. The highest BCUT2D eigenvalue weighted by molar-refractivity contribution is 5.31. The average Bonchev–Trinajstić information content (AvgIpc) is 2.78. The first-order valence-corrected chi connectivity index (χ1v) is 5.80. The van der Waals surface area contributed by atoms with Gasteiger partial charge in [0.1, 0.15) is 17.6 Å². The molecule has 16 heavy (non-hydrogen) atoms. The highest BCUT2D eigenvalue weighted by Gasteiger charge is 2.24. The maximum atomic E-state index is 5.91. The molecule has 0 aliphatic heterocycles. The number of methoxy groups -OCH3 is 1. The third kappa shape index (κ3) is 2.67. The van der Waals surface area contributed by atoms with E-state index in [-0.39, 0.29) is 0 Å². The summed E-state index contributed by atoms with van der Waals surface area (Å²) >= 11 is 0. The first kappa shape index (κ1) is 11.3. The van der Waals surface area contributed by atoms with E-state index in [1.165, 1.54) is 6.42 Å². The van der Waals surface area contributed by atoms with E-state index in [1.807, 2.05) is 31.3 Å². The van der Waals surface area contributed by atoms with E-state index >= 15 is 0 Å². The molecule has 0 bridgehead atoms. The first-order valence-electron chi connectivity index (χ1n) is 5.80. The van der Waals surface area contributed by atoms with Gasteiger partial charge < -0.3 is 14.8 Å².